The summed E-state index contributed by atoms with van der Waals surface area (Å²) in [4.78, 5) is 67.8. The molecule has 3 aliphatic rings. The lowest BCUT2D eigenvalue weighted by atomic mass is 9.90. The number of nitrogens with zero attached hydrogens (tertiary/aromatic N) is 2. The van der Waals surface area contributed by atoms with E-state index in [0.29, 0.717) is 50.0 Å². The minimum Gasteiger partial charge on any atom is -0.508 e. The van der Waals surface area contributed by atoms with Crippen molar-refractivity contribution in [2.45, 2.75) is 25.3 Å². The van der Waals surface area contributed by atoms with E-state index < -0.39 is 17.8 Å². The number of rotatable bonds is 14. The molecule has 1 aliphatic carbocycles. The number of hydrogen-bond donors (Lipinski definition) is 6. The van der Waals surface area contributed by atoms with Gasteiger partial charge in [0.15, 0.2) is 10.5 Å². The summed E-state index contributed by atoms with van der Waals surface area (Å²) in [6.07, 6.45) is 2.36. The summed E-state index contributed by atoms with van der Waals surface area (Å²) < 4.78 is 5.89. The van der Waals surface area contributed by atoms with Gasteiger partial charge in [-0.25, -0.2) is 4.79 Å². The second kappa shape index (κ2) is 19.7. The van der Waals surface area contributed by atoms with Crippen molar-refractivity contribution in [1.82, 2.24) is 20.4 Å². The number of likely N-dealkylation sites (tertiary alicyclic amines) is 1. The summed E-state index contributed by atoms with van der Waals surface area (Å²) in [5.41, 5.74) is 3.68. The molecule has 0 unspecified atom stereocenters. The van der Waals surface area contributed by atoms with Gasteiger partial charge in [0, 0.05) is 53.6 Å². The maximum Gasteiger partial charge on any atom is 0.336 e. The van der Waals surface area contributed by atoms with Crippen LogP contribution in [0.1, 0.15) is 40.4 Å². The lowest BCUT2D eigenvalue weighted by Gasteiger charge is -2.32. The van der Waals surface area contributed by atoms with Crippen molar-refractivity contribution in [1.29, 1.82) is 0 Å². The average molecular weight is 910 g/mol. The molecule has 7 rings (SSSR count). The number of thiocarbonyl (C=S) groups is 1. The maximum absolute atomic E-state index is 13.5. The van der Waals surface area contributed by atoms with E-state index in [4.69, 9.17) is 39.8 Å². The molecule has 0 spiro atoms. The zero-order valence-electron chi connectivity index (χ0n) is 33.9. The number of amides is 3. The summed E-state index contributed by atoms with van der Waals surface area (Å²) >= 11 is 17.6. The van der Waals surface area contributed by atoms with Crippen LogP contribution < -0.4 is 26.7 Å². The van der Waals surface area contributed by atoms with Crippen molar-refractivity contribution in [3.8, 4) is 28.2 Å². The summed E-state index contributed by atoms with van der Waals surface area (Å²) in [5, 5.41) is 32.7. The number of fused-ring (bicyclic) bond motifs is 2. The molecule has 2 aliphatic heterocycles. The van der Waals surface area contributed by atoms with Crippen molar-refractivity contribution in [3.05, 3.63) is 134 Å². The Bertz CT molecular complexity index is 2760. The Labute approximate surface area is 377 Å². The number of benzene rings is 5. The molecule has 0 bridgehead atoms. The molecule has 1 fully saturated rings. The van der Waals surface area contributed by atoms with Crippen LogP contribution in [0.3, 0.4) is 0 Å². The van der Waals surface area contributed by atoms with Crippen LogP contribution >= 0.6 is 35.4 Å². The largest absolute Gasteiger partial charge is 0.508 e. The Morgan fingerprint density at radius 1 is 0.810 bits per heavy atom. The van der Waals surface area contributed by atoms with Gasteiger partial charge in [-0.2, -0.15) is 0 Å². The number of aromatic hydroxyl groups is 1. The Balaban J connectivity index is 0.928. The smallest absolute Gasteiger partial charge is 0.336 e. The first-order chi connectivity index (χ1) is 30.2. The molecular formula is C46H42Cl2N6O8S. The molecule has 17 heteroatoms. The molecule has 6 N–H and O–H groups in total. The number of nitrogens with one attached hydrogen (secondary N) is 4. The number of carboxylic acid groups (broad SMARTS) is 1. The van der Waals surface area contributed by atoms with Gasteiger partial charge >= 0.3 is 5.97 Å². The van der Waals surface area contributed by atoms with E-state index in [-0.39, 0.29) is 64.7 Å². The fourth-order valence-electron chi connectivity index (χ4n) is 7.52. The van der Waals surface area contributed by atoms with Gasteiger partial charge in [-0.3, -0.25) is 19.2 Å². The summed E-state index contributed by atoms with van der Waals surface area (Å²) in [6.45, 7) is 1.96. The van der Waals surface area contributed by atoms with E-state index in [2.05, 4.69) is 26.2 Å². The molecule has 0 aromatic heterocycles. The first kappa shape index (κ1) is 44.5. The van der Waals surface area contributed by atoms with E-state index in [0.717, 1.165) is 37.1 Å². The minimum absolute atomic E-state index is 0.0244. The molecule has 14 nitrogen and oxygen atoms in total. The van der Waals surface area contributed by atoms with Gasteiger partial charge < -0.3 is 45.7 Å². The van der Waals surface area contributed by atoms with Gasteiger partial charge in [0.1, 0.15) is 17.1 Å². The number of anilines is 2. The Kier molecular flexibility index (Phi) is 13.9. The molecule has 1 saturated heterocycles. The van der Waals surface area contributed by atoms with Gasteiger partial charge in [0.05, 0.1) is 41.2 Å². The van der Waals surface area contributed by atoms with E-state index in [1.165, 1.54) is 30.3 Å². The van der Waals surface area contributed by atoms with Crippen molar-refractivity contribution in [3.63, 3.8) is 0 Å². The van der Waals surface area contributed by atoms with Crippen LogP contribution in [-0.2, 0) is 20.8 Å². The van der Waals surface area contributed by atoms with Gasteiger partial charge in [0.2, 0.25) is 17.7 Å². The fraction of sp³-hybridized carbons (Fsp3) is 0.217. The van der Waals surface area contributed by atoms with Gasteiger partial charge in [-0.1, -0.05) is 47.5 Å². The van der Waals surface area contributed by atoms with E-state index in [1.807, 2.05) is 12.1 Å². The lowest BCUT2D eigenvalue weighted by molar-refractivity contribution is -0.131. The van der Waals surface area contributed by atoms with Crippen molar-refractivity contribution >= 4 is 86.6 Å². The normalized spacial score (nSPS) is 13.1. The predicted octanol–water partition coefficient (Wildman–Crippen LogP) is 7.15. The van der Waals surface area contributed by atoms with Crippen molar-refractivity contribution < 1.29 is 33.8 Å². The first-order valence-electron chi connectivity index (χ1n) is 19.9. The molecule has 4 aromatic carbocycles. The highest BCUT2D eigenvalue weighted by Crippen LogP contribution is 2.42. The summed E-state index contributed by atoms with van der Waals surface area (Å²) in [5.74, 6) is -2.14. The number of halogens is 2. The lowest BCUT2D eigenvalue weighted by Crippen LogP contribution is -2.41. The minimum atomic E-state index is -1.24. The average Bonchev–Trinajstić information content (AvgIpc) is 3.78. The maximum atomic E-state index is 13.5. The molecule has 0 saturated carbocycles. The zero-order valence-corrected chi connectivity index (χ0v) is 36.2. The van der Waals surface area contributed by atoms with Gasteiger partial charge in [-0.05, 0) is 116 Å². The third kappa shape index (κ3) is 10.9. The highest BCUT2D eigenvalue weighted by molar-refractivity contribution is 7.80. The molecule has 3 amide bonds. The molecular weight excluding hydrogens is 868 g/mol. The van der Waals surface area contributed by atoms with Crippen LogP contribution in [0.2, 0.25) is 10.0 Å². The molecule has 1 atom stereocenters. The molecule has 324 valence electrons. The SMILES string of the molecule is CN(C(=O)Cc1ccc(Cl)c(Cl)c1)[C@H](CN1CCCC1)c1ccc(NC(=O)CNC(=O)CNC(=S)Nc2ccc(-c3c4ccc(=O)cc-4oc4cc(O)ccc34)c(C(=O)O)c2)cc1. The van der Waals surface area contributed by atoms with E-state index in [9.17, 15) is 34.2 Å². The molecule has 2 heterocycles. The summed E-state index contributed by atoms with van der Waals surface area (Å²) in [7, 11) is 1.79. The quantitative estimate of drug-likeness (QED) is 0.0478. The van der Waals surface area contributed by atoms with Crippen molar-refractivity contribution in [2.24, 2.45) is 0 Å². The topological polar surface area (TPSA) is 194 Å². The number of carboxylic acids is 1. The number of hydrogen-bond acceptors (Lipinski definition) is 9. The highest BCUT2D eigenvalue weighted by Gasteiger charge is 2.27. The number of carbonyl (C=O) groups is 4. The third-order valence-corrected chi connectivity index (χ3v) is 11.7. The monoisotopic (exact) mass is 908 g/mol. The number of phenols is 1. The summed E-state index contributed by atoms with van der Waals surface area (Å²) in [6, 6.07) is 25.4. The van der Waals surface area contributed by atoms with Crippen molar-refractivity contribution in [2.75, 3.05) is 50.4 Å². The highest BCUT2D eigenvalue weighted by atomic mass is 35.5. The third-order valence-electron chi connectivity index (χ3n) is 10.7. The van der Waals surface area contributed by atoms with Crippen LogP contribution in [0, 0.1) is 0 Å². The standard InChI is InChI=1S/C46H42Cl2N6O8S/c1-53(43(59)19-26-4-15-36(47)37(48)18-26)38(25-54-16-2-3-17-54)27-5-7-28(8-6-27)51-42(58)24-49-41(57)23-50-46(63)52-29-9-12-32(35(20-29)45(60)61)44-33-13-10-30(55)21-39(33)62-40-22-31(56)11-14-34(40)44/h4-15,18,20-22,38,55H,2-3,16-17,19,23-25H2,1H3,(H,49,57)(H,51,58)(H,60,61)(H2,50,52,63)/t38-/m1/s1. The Hall–Kier alpha value is -6.52. The van der Waals surface area contributed by atoms with E-state index in [1.54, 1.807) is 66.5 Å². The number of likely N-dealkylation sites (N-methyl/N-ethyl adjacent to an activating group) is 1. The molecule has 4 aromatic rings. The van der Waals surface area contributed by atoms with Gasteiger partial charge in [0.25, 0.3) is 0 Å². The molecule has 0 radical (unpaired) electrons. The van der Waals surface area contributed by atoms with Crippen LogP contribution in [0.15, 0.2) is 106 Å². The predicted molar refractivity (Wildman–Crippen MR) is 247 cm³/mol. The fourth-order valence-corrected chi connectivity index (χ4v) is 8.03. The number of carbonyl (C=O) groups excluding carboxylic acids is 3. The Morgan fingerprint density at radius 3 is 2.25 bits per heavy atom. The van der Waals surface area contributed by atoms with E-state index >= 15 is 0 Å². The second-order valence-electron chi connectivity index (χ2n) is 15.1. The number of phenolic OH excluding ortho intramolecular Hbond substituents is 1. The van der Waals surface area contributed by atoms with Crippen LogP contribution in [-0.4, -0.2) is 88.6 Å². The number of aromatic carboxylic acids is 1. The zero-order chi connectivity index (χ0) is 44.8. The Morgan fingerprint density at radius 2 is 1.52 bits per heavy atom. The molecule has 63 heavy (non-hydrogen) atoms. The van der Waals surface area contributed by atoms with Crippen LogP contribution in [0.5, 0.6) is 5.75 Å². The van der Waals surface area contributed by atoms with Crippen LogP contribution in [0.25, 0.3) is 33.4 Å². The van der Waals surface area contributed by atoms with Crippen LogP contribution in [0.4, 0.5) is 11.4 Å². The van der Waals surface area contributed by atoms with Gasteiger partial charge in [-0.15, -0.1) is 0 Å². The first-order valence-corrected chi connectivity index (χ1v) is 21.1. The second-order valence-corrected chi connectivity index (χ2v) is 16.3.